The predicted molar refractivity (Wildman–Crippen MR) is 75.3 cm³/mol. The van der Waals surface area contributed by atoms with Gasteiger partial charge in [0, 0.05) is 16.5 Å². The summed E-state index contributed by atoms with van der Waals surface area (Å²) >= 11 is 6.30. The zero-order chi connectivity index (χ0) is 12.4. The quantitative estimate of drug-likeness (QED) is 0.847. The molecule has 0 amide bonds. The molecule has 2 aromatic rings. The molecule has 1 nitrogen and oxygen atoms in total. The van der Waals surface area contributed by atoms with Gasteiger partial charge in [0.2, 0.25) is 0 Å². The van der Waals surface area contributed by atoms with Crippen molar-refractivity contribution in [2.24, 2.45) is 11.7 Å². The third-order valence-electron chi connectivity index (χ3n) is 3.48. The third kappa shape index (κ3) is 2.46. The number of hydrogen-bond acceptors (Lipinski definition) is 1. The van der Waals surface area contributed by atoms with E-state index in [1.807, 2.05) is 24.3 Å². The minimum atomic E-state index is 0.0575. The largest absolute Gasteiger partial charge is 0.324 e. The first-order valence-electron chi connectivity index (χ1n) is 6.07. The fourth-order valence-electron chi connectivity index (χ4n) is 2.06. The van der Waals surface area contributed by atoms with Crippen LogP contribution in [0.3, 0.4) is 0 Å². The third-order valence-corrected chi connectivity index (χ3v) is 3.79. The molecule has 2 aromatic carbocycles. The first kappa shape index (κ1) is 12.4. The van der Waals surface area contributed by atoms with Crippen molar-refractivity contribution in [2.45, 2.75) is 26.3 Å². The molecular formula is C15H18ClN. The highest BCUT2D eigenvalue weighted by atomic mass is 35.5. The van der Waals surface area contributed by atoms with Gasteiger partial charge in [-0.1, -0.05) is 56.1 Å². The zero-order valence-corrected chi connectivity index (χ0v) is 11.0. The minimum absolute atomic E-state index is 0.0575. The first-order valence-corrected chi connectivity index (χ1v) is 6.45. The van der Waals surface area contributed by atoms with E-state index in [0.29, 0.717) is 5.92 Å². The van der Waals surface area contributed by atoms with Crippen LogP contribution in [0.4, 0.5) is 0 Å². The summed E-state index contributed by atoms with van der Waals surface area (Å²) in [6.45, 7) is 4.33. The molecule has 17 heavy (non-hydrogen) atoms. The Hall–Kier alpha value is -1.05. The van der Waals surface area contributed by atoms with Gasteiger partial charge in [0.15, 0.2) is 0 Å². The van der Waals surface area contributed by atoms with E-state index in [9.17, 15) is 0 Å². The Labute approximate surface area is 108 Å². The summed E-state index contributed by atoms with van der Waals surface area (Å²) < 4.78 is 0. The van der Waals surface area contributed by atoms with Gasteiger partial charge in [0.25, 0.3) is 0 Å². The summed E-state index contributed by atoms with van der Waals surface area (Å²) in [4.78, 5) is 0. The monoisotopic (exact) mass is 247 g/mol. The molecule has 0 aliphatic rings. The van der Waals surface area contributed by atoms with Crippen LogP contribution in [0.2, 0.25) is 5.02 Å². The molecule has 0 aliphatic heterocycles. The molecule has 0 bridgehead atoms. The lowest BCUT2D eigenvalue weighted by molar-refractivity contribution is 0.457. The molecule has 0 saturated heterocycles. The maximum atomic E-state index is 6.30. The van der Waals surface area contributed by atoms with Crippen molar-refractivity contribution in [3.05, 3.63) is 47.0 Å². The molecule has 0 spiro atoms. The maximum absolute atomic E-state index is 6.30. The van der Waals surface area contributed by atoms with Crippen molar-refractivity contribution in [1.29, 1.82) is 0 Å². The lowest BCUT2D eigenvalue weighted by atomic mass is 9.92. The fourth-order valence-corrected chi connectivity index (χ4v) is 2.36. The Bertz CT molecular complexity index is 521. The molecule has 2 rings (SSSR count). The Kier molecular flexibility index (Phi) is 3.70. The number of benzene rings is 2. The molecule has 0 saturated carbocycles. The van der Waals surface area contributed by atoms with Crippen molar-refractivity contribution in [2.75, 3.05) is 0 Å². The van der Waals surface area contributed by atoms with E-state index in [1.165, 1.54) is 0 Å². The number of nitrogens with two attached hydrogens (primary N) is 1. The van der Waals surface area contributed by atoms with Crippen LogP contribution in [0.1, 0.15) is 31.9 Å². The molecule has 0 radical (unpaired) electrons. The van der Waals surface area contributed by atoms with Crippen LogP contribution in [-0.2, 0) is 0 Å². The Morgan fingerprint density at radius 1 is 1.24 bits per heavy atom. The SMILES string of the molecule is CCC(C)C(N)c1cc(Cl)c2ccccc2c1. The fraction of sp³-hybridized carbons (Fsp3) is 0.333. The van der Waals surface area contributed by atoms with Crippen molar-refractivity contribution in [1.82, 2.24) is 0 Å². The number of hydrogen-bond donors (Lipinski definition) is 1. The summed E-state index contributed by atoms with van der Waals surface area (Å²) in [6, 6.07) is 12.4. The number of fused-ring (bicyclic) bond motifs is 1. The Balaban J connectivity index is 2.50. The normalized spacial score (nSPS) is 14.8. The summed E-state index contributed by atoms with van der Waals surface area (Å²) in [6.07, 6.45) is 1.08. The molecule has 0 aliphatic carbocycles. The van der Waals surface area contributed by atoms with Crippen LogP contribution < -0.4 is 5.73 Å². The van der Waals surface area contributed by atoms with Crippen LogP contribution >= 0.6 is 11.6 Å². The zero-order valence-electron chi connectivity index (χ0n) is 10.3. The van der Waals surface area contributed by atoms with E-state index in [4.69, 9.17) is 17.3 Å². The molecule has 2 N–H and O–H groups in total. The summed E-state index contributed by atoms with van der Waals surface area (Å²) in [5.74, 6) is 0.465. The van der Waals surface area contributed by atoms with E-state index in [-0.39, 0.29) is 6.04 Å². The molecular weight excluding hydrogens is 230 g/mol. The van der Waals surface area contributed by atoms with Crippen LogP contribution in [0.15, 0.2) is 36.4 Å². The Morgan fingerprint density at radius 2 is 1.94 bits per heavy atom. The molecule has 2 heteroatoms. The Morgan fingerprint density at radius 3 is 2.65 bits per heavy atom. The van der Waals surface area contributed by atoms with Crippen molar-refractivity contribution >= 4 is 22.4 Å². The van der Waals surface area contributed by atoms with Gasteiger partial charge in [-0.15, -0.1) is 0 Å². The minimum Gasteiger partial charge on any atom is -0.324 e. The van der Waals surface area contributed by atoms with Gasteiger partial charge >= 0.3 is 0 Å². The lowest BCUT2D eigenvalue weighted by Crippen LogP contribution is -2.18. The van der Waals surface area contributed by atoms with Gasteiger partial charge in [-0.25, -0.2) is 0 Å². The summed E-state index contributed by atoms with van der Waals surface area (Å²) in [5, 5.41) is 3.04. The second-order valence-electron chi connectivity index (χ2n) is 4.64. The molecule has 2 atom stereocenters. The number of halogens is 1. The highest BCUT2D eigenvalue weighted by molar-refractivity contribution is 6.35. The molecule has 0 fully saturated rings. The second-order valence-corrected chi connectivity index (χ2v) is 5.04. The van der Waals surface area contributed by atoms with E-state index in [1.54, 1.807) is 0 Å². The van der Waals surface area contributed by atoms with Gasteiger partial charge in [0.05, 0.1) is 0 Å². The molecule has 0 aromatic heterocycles. The van der Waals surface area contributed by atoms with Gasteiger partial charge in [0.1, 0.15) is 0 Å². The van der Waals surface area contributed by atoms with Crippen LogP contribution in [0.25, 0.3) is 10.8 Å². The van der Waals surface area contributed by atoms with E-state index in [2.05, 4.69) is 26.0 Å². The second kappa shape index (κ2) is 5.07. The average Bonchev–Trinajstić information content (AvgIpc) is 2.37. The van der Waals surface area contributed by atoms with E-state index >= 15 is 0 Å². The van der Waals surface area contributed by atoms with Crippen molar-refractivity contribution in [3.63, 3.8) is 0 Å². The summed E-state index contributed by atoms with van der Waals surface area (Å²) in [7, 11) is 0. The topological polar surface area (TPSA) is 26.0 Å². The van der Waals surface area contributed by atoms with Crippen LogP contribution in [-0.4, -0.2) is 0 Å². The van der Waals surface area contributed by atoms with Crippen LogP contribution in [0.5, 0.6) is 0 Å². The maximum Gasteiger partial charge on any atom is 0.0487 e. The highest BCUT2D eigenvalue weighted by Gasteiger charge is 2.14. The standard InChI is InChI=1S/C15H18ClN/c1-3-10(2)15(17)12-8-11-6-4-5-7-13(11)14(16)9-12/h4-10,15H,3,17H2,1-2H3. The van der Waals surface area contributed by atoms with Crippen LogP contribution in [0, 0.1) is 5.92 Å². The van der Waals surface area contributed by atoms with Gasteiger partial charge in [-0.3, -0.25) is 0 Å². The first-order chi connectivity index (χ1) is 8.13. The smallest absolute Gasteiger partial charge is 0.0487 e. The van der Waals surface area contributed by atoms with Gasteiger partial charge < -0.3 is 5.73 Å². The van der Waals surface area contributed by atoms with E-state index in [0.717, 1.165) is 27.8 Å². The molecule has 0 heterocycles. The number of rotatable bonds is 3. The van der Waals surface area contributed by atoms with E-state index < -0.39 is 0 Å². The molecule has 90 valence electrons. The average molecular weight is 248 g/mol. The highest BCUT2D eigenvalue weighted by Crippen LogP contribution is 2.30. The van der Waals surface area contributed by atoms with Crippen molar-refractivity contribution in [3.8, 4) is 0 Å². The van der Waals surface area contributed by atoms with Gasteiger partial charge in [-0.05, 0) is 29.0 Å². The summed E-state index contributed by atoms with van der Waals surface area (Å²) in [5.41, 5.74) is 7.38. The predicted octanol–water partition coefficient (Wildman–Crippen LogP) is 4.54. The lowest BCUT2D eigenvalue weighted by Gasteiger charge is -2.19. The molecule has 2 unspecified atom stereocenters. The van der Waals surface area contributed by atoms with Crippen molar-refractivity contribution < 1.29 is 0 Å². The van der Waals surface area contributed by atoms with Gasteiger partial charge in [-0.2, -0.15) is 0 Å².